The molecule has 0 bridgehead atoms. The number of hydrogen-bond acceptors (Lipinski definition) is 2. The standard InChI is InChI=1S/C13H16BrN3S/c1-8-2-4-10(5-3-8)17-12-11(16-13(17)18)6-9(14)7-15-12/h6-8,10H,2-5H2,1H3,(H,16,18). The van der Waals surface area contributed by atoms with Crippen LogP contribution in [0.3, 0.4) is 0 Å². The molecule has 2 heterocycles. The van der Waals surface area contributed by atoms with Gasteiger partial charge in [0.25, 0.3) is 0 Å². The molecule has 96 valence electrons. The number of hydrogen-bond donors (Lipinski definition) is 1. The molecular weight excluding hydrogens is 310 g/mol. The Bertz CT molecular complexity index is 623. The third-order valence-electron chi connectivity index (χ3n) is 3.87. The van der Waals surface area contributed by atoms with Crippen molar-refractivity contribution in [2.24, 2.45) is 5.92 Å². The van der Waals surface area contributed by atoms with Crippen molar-refractivity contribution in [1.82, 2.24) is 14.5 Å². The molecule has 1 saturated carbocycles. The molecule has 1 fully saturated rings. The Hall–Kier alpha value is -0.680. The van der Waals surface area contributed by atoms with Crippen LogP contribution in [0.25, 0.3) is 11.2 Å². The largest absolute Gasteiger partial charge is 0.329 e. The van der Waals surface area contributed by atoms with Crippen molar-refractivity contribution >= 4 is 39.3 Å². The van der Waals surface area contributed by atoms with Gasteiger partial charge in [-0.25, -0.2) is 4.98 Å². The lowest BCUT2D eigenvalue weighted by atomic mass is 9.87. The highest BCUT2D eigenvalue weighted by atomic mass is 79.9. The Morgan fingerprint density at radius 3 is 2.83 bits per heavy atom. The average Bonchev–Trinajstić information content (AvgIpc) is 2.65. The molecule has 1 aliphatic rings. The second kappa shape index (κ2) is 4.78. The summed E-state index contributed by atoms with van der Waals surface area (Å²) >= 11 is 8.90. The summed E-state index contributed by atoms with van der Waals surface area (Å²) in [5.74, 6) is 0.850. The predicted octanol–water partition coefficient (Wildman–Crippen LogP) is 4.61. The first-order valence-electron chi connectivity index (χ1n) is 6.41. The Morgan fingerprint density at radius 1 is 1.39 bits per heavy atom. The van der Waals surface area contributed by atoms with Gasteiger partial charge in [0.2, 0.25) is 0 Å². The summed E-state index contributed by atoms with van der Waals surface area (Å²) < 4.78 is 3.99. The van der Waals surface area contributed by atoms with Crippen LogP contribution in [0.15, 0.2) is 16.7 Å². The normalized spacial score (nSPS) is 24.6. The van der Waals surface area contributed by atoms with E-state index in [1.165, 1.54) is 25.7 Å². The molecule has 0 spiro atoms. The summed E-state index contributed by atoms with van der Waals surface area (Å²) in [5.41, 5.74) is 2.01. The molecular formula is C13H16BrN3S. The minimum Gasteiger partial charge on any atom is -0.329 e. The second-order valence-corrected chi connectivity index (χ2v) is 6.54. The number of nitrogens with one attached hydrogen (secondary N) is 1. The van der Waals surface area contributed by atoms with Crippen LogP contribution >= 0.6 is 28.1 Å². The highest BCUT2D eigenvalue weighted by molar-refractivity contribution is 9.10. The molecule has 0 unspecified atom stereocenters. The summed E-state index contributed by atoms with van der Waals surface area (Å²) in [6.45, 7) is 2.33. The van der Waals surface area contributed by atoms with Crippen molar-refractivity contribution in [3.05, 3.63) is 21.5 Å². The van der Waals surface area contributed by atoms with E-state index in [0.29, 0.717) is 6.04 Å². The number of fused-ring (bicyclic) bond motifs is 1. The molecule has 2 aromatic heterocycles. The van der Waals surface area contributed by atoms with Crippen LogP contribution in [-0.4, -0.2) is 14.5 Å². The molecule has 5 heteroatoms. The smallest absolute Gasteiger partial charge is 0.179 e. The zero-order valence-corrected chi connectivity index (χ0v) is 12.7. The first-order valence-corrected chi connectivity index (χ1v) is 7.61. The average molecular weight is 326 g/mol. The van der Waals surface area contributed by atoms with Crippen LogP contribution in [0, 0.1) is 10.7 Å². The number of pyridine rings is 1. The molecule has 3 nitrogen and oxygen atoms in total. The van der Waals surface area contributed by atoms with E-state index >= 15 is 0 Å². The van der Waals surface area contributed by atoms with Gasteiger partial charge in [0.05, 0.1) is 5.52 Å². The minimum atomic E-state index is 0.510. The zero-order valence-electron chi connectivity index (χ0n) is 10.3. The van der Waals surface area contributed by atoms with Crippen LogP contribution < -0.4 is 0 Å². The number of halogens is 1. The summed E-state index contributed by atoms with van der Waals surface area (Å²) in [5, 5.41) is 0. The van der Waals surface area contributed by atoms with Crippen molar-refractivity contribution in [2.45, 2.75) is 38.6 Å². The van der Waals surface area contributed by atoms with Crippen molar-refractivity contribution in [3.63, 3.8) is 0 Å². The maximum Gasteiger partial charge on any atom is 0.179 e. The van der Waals surface area contributed by atoms with Gasteiger partial charge in [-0.05, 0) is 65.8 Å². The first kappa shape index (κ1) is 12.4. The molecule has 0 radical (unpaired) electrons. The fraction of sp³-hybridized carbons (Fsp3) is 0.538. The summed E-state index contributed by atoms with van der Waals surface area (Å²) in [4.78, 5) is 7.78. The number of imidazole rings is 1. The summed E-state index contributed by atoms with van der Waals surface area (Å²) in [6, 6.07) is 2.55. The van der Waals surface area contributed by atoms with E-state index in [-0.39, 0.29) is 0 Å². The first-order chi connectivity index (χ1) is 8.65. The fourth-order valence-electron chi connectivity index (χ4n) is 2.83. The van der Waals surface area contributed by atoms with Crippen LogP contribution in [0.2, 0.25) is 0 Å². The van der Waals surface area contributed by atoms with E-state index in [1.54, 1.807) is 0 Å². The van der Waals surface area contributed by atoms with E-state index in [2.05, 4.69) is 37.4 Å². The zero-order chi connectivity index (χ0) is 12.7. The van der Waals surface area contributed by atoms with Gasteiger partial charge in [-0.1, -0.05) is 6.92 Å². The topological polar surface area (TPSA) is 33.6 Å². The molecule has 1 aliphatic carbocycles. The maximum absolute atomic E-state index is 5.46. The van der Waals surface area contributed by atoms with Crippen LogP contribution in [-0.2, 0) is 0 Å². The monoisotopic (exact) mass is 325 g/mol. The number of aromatic amines is 1. The van der Waals surface area contributed by atoms with E-state index in [9.17, 15) is 0 Å². The van der Waals surface area contributed by atoms with Crippen LogP contribution in [0.4, 0.5) is 0 Å². The highest BCUT2D eigenvalue weighted by Gasteiger charge is 2.22. The lowest BCUT2D eigenvalue weighted by Gasteiger charge is -2.27. The van der Waals surface area contributed by atoms with Crippen molar-refractivity contribution in [3.8, 4) is 0 Å². The lowest BCUT2D eigenvalue weighted by molar-refractivity contribution is 0.291. The quantitative estimate of drug-likeness (QED) is 0.777. The molecule has 0 amide bonds. The molecule has 0 aliphatic heterocycles. The third kappa shape index (κ3) is 2.14. The molecule has 0 atom stereocenters. The van der Waals surface area contributed by atoms with E-state index < -0.39 is 0 Å². The van der Waals surface area contributed by atoms with Crippen LogP contribution in [0.5, 0.6) is 0 Å². The fourth-order valence-corrected chi connectivity index (χ4v) is 3.50. The van der Waals surface area contributed by atoms with Gasteiger partial charge in [0, 0.05) is 16.7 Å². The summed E-state index contributed by atoms with van der Waals surface area (Å²) in [6.07, 6.45) is 6.83. The number of rotatable bonds is 1. The predicted molar refractivity (Wildman–Crippen MR) is 79.3 cm³/mol. The Labute approximate surface area is 120 Å². The van der Waals surface area contributed by atoms with Crippen molar-refractivity contribution < 1.29 is 0 Å². The molecule has 0 aromatic carbocycles. The minimum absolute atomic E-state index is 0.510. The molecule has 2 aromatic rings. The van der Waals surface area contributed by atoms with Gasteiger partial charge in [-0.2, -0.15) is 0 Å². The number of aromatic nitrogens is 3. The molecule has 18 heavy (non-hydrogen) atoms. The maximum atomic E-state index is 5.46. The van der Waals surface area contributed by atoms with Gasteiger partial charge in [0.15, 0.2) is 10.4 Å². The number of nitrogens with zero attached hydrogens (tertiary/aromatic N) is 2. The Kier molecular flexibility index (Phi) is 3.28. The van der Waals surface area contributed by atoms with E-state index in [0.717, 1.165) is 26.3 Å². The van der Waals surface area contributed by atoms with Gasteiger partial charge >= 0.3 is 0 Å². The lowest BCUT2D eigenvalue weighted by Crippen LogP contribution is -2.17. The highest BCUT2D eigenvalue weighted by Crippen LogP contribution is 2.34. The van der Waals surface area contributed by atoms with Crippen molar-refractivity contribution in [1.29, 1.82) is 0 Å². The third-order valence-corrected chi connectivity index (χ3v) is 4.60. The van der Waals surface area contributed by atoms with Crippen molar-refractivity contribution in [2.75, 3.05) is 0 Å². The number of H-pyrrole nitrogens is 1. The van der Waals surface area contributed by atoms with Gasteiger partial charge in [-0.15, -0.1) is 0 Å². The summed E-state index contributed by atoms with van der Waals surface area (Å²) in [7, 11) is 0. The van der Waals surface area contributed by atoms with Gasteiger partial charge in [0.1, 0.15) is 0 Å². The molecule has 1 N–H and O–H groups in total. The van der Waals surface area contributed by atoms with E-state index in [1.807, 2.05) is 12.3 Å². The van der Waals surface area contributed by atoms with Crippen LogP contribution in [0.1, 0.15) is 38.6 Å². The van der Waals surface area contributed by atoms with Gasteiger partial charge < -0.3 is 4.98 Å². The van der Waals surface area contributed by atoms with Gasteiger partial charge in [-0.3, -0.25) is 4.57 Å². The second-order valence-electron chi connectivity index (χ2n) is 5.24. The Balaban J connectivity index is 2.06. The SMILES string of the molecule is CC1CCC(n2c(=S)[nH]c3cc(Br)cnc32)CC1. The Morgan fingerprint density at radius 2 is 2.11 bits per heavy atom. The van der Waals surface area contributed by atoms with E-state index in [4.69, 9.17) is 12.2 Å². The molecule has 3 rings (SSSR count). The molecule has 0 saturated heterocycles.